The van der Waals surface area contributed by atoms with E-state index in [-0.39, 0.29) is 34.2 Å². The van der Waals surface area contributed by atoms with Crippen LogP contribution in [0.4, 0.5) is 18.9 Å². The van der Waals surface area contributed by atoms with Crippen LogP contribution in [0.15, 0.2) is 29.2 Å². The van der Waals surface area contributed by atoms with E-state index in [2.05, 4.69) is 19.2 Å². The molecule has 0 spiro atoms. The van der Waals surface area contributed by atoms with Crippen molar-refractivity contribution in [3.05, 3.63) is 24.3 Å². The summed E-state index contributed by atoms with van der Waals surface area (Å²) in [6.07, 6.45) is 1.15. The maximum absolute atomic E-state index is 12.3. The SMILES string of the molecule is CCOC1CC(Nc2ccc(SC(F)(F)F)cc2)C1(C)C. The molecule has 0 aromatic heterocycles. The van der Waals surface area contributed by atoms with Crippen molar-refractivity contribution in [3.8, 4) is 0 Å². The van der Waals surface area contributed by atoms with Crippen molar-refractivity contribution >= 4 is 17.4 Å². The molecular weight excluding hydrogens is 299 g/mol. The zero-order valence-corrected chi connectivity index (χ0v) is 13.1. The predicted molar refractivity (Wildman–Crippen MR) is 79.6 cm³/mol. The first-order valence-electron chi connectivity index (χ1n) is 6.96. The van der Waals surface area contributed by atoms with Gasteiger partial charge in [-0.05, 0) is 49.4 Å². The predicted octanol–water partition coefficient (Wildman–Crippen LogP) is 4.91. The largest absolute Gasteiger partial charge is 0.446 e. The molecule has 1 aromatic rings. The van der Waals surface area contributed by atoms with Crippen LogP contribution >= 0.6 is 11.8 Å². The first-order chi connectivity index (χ1) is 9.72. The molecule has 6 heteroatoms. The van der Waals surface area contributed by atoms with E-state index in [0.717, 1.165) is 12.1 Å². The fourth-order valence-electron chi connectivity index (χ4n) is 2.57. The standard InChI is InChI=1S/C15H20F3NOS/c1-4-20-13-9-12(14(13,2)3)19-10-5-7-11(8-6-10)21-15(16,17)18/h5-8,12-13,19H,4,9H2,1-3H3. The first-order valence-corrected chi connectivity index (χ1v) is 7.78. The maximum Gasteiger partial charge on any atom is 0.446 e. The van der Waals surface area contributed by atoms with E-state index < -0.39 is 5.51 Å². The van der Waals surface area contributed by atoms with E-state index in [1.807, 2.05) is 6.92 Å². The van der Waals surface area contributed by atoms with E-state index >= 15 is 0 Å². The Balaban J connectivity index is 1.93. The number of anilines is 1. The van der Waals surface area contributed by atoms with Gasteiger partial charge in [0.05, 0.1) is 6.10 Å². The van der Waals surface area contributed by atoms with Gasteiger partial charge in [0.2, 0.25) is 0 Å². The van der Waals surface area contributed by atoms with Gasteiger partial charge in [-0.2, -0.15) is 13.2 Å². The van der Waals surface area contributed by atoms with Gasteiger partial charge >= 0.3 is 5.51 Å². The van der Waals surface area contributed by atoms with Gasteiger partial charge in [0.25, 0.3) is 0 Å². The summed E-state index contributed by atoms with van der Waals surface area (Å²) in [4.78, 5) is 0.202. The number of benzene rings is 1. The lowest BCUT2D eigenvalue weighted by Crippen LogP contribution is -2.58. The highest BCUT2D eigenvalue weighted by Gasteiger charge is 2.48. The molecule has 2 nitrogen and oxygen atoms in total. The number of ether oxygens (including phenoxy) is 1. The molecule has 1 aliphatic carbocycles. The molecule has 1 saturated carbocycles. The quantitative estimate of drug-likeness (QED) is 0.779. The zero-order chi connectivity index (χ0) is 15.7. The molecule has 0 bridgehead atoms. The number of nitrogens with one attached hydrogen (secondary N) is 1. The van der Waals surface area contributed by atoms with Crippen LogP contribution in [0.25, 0.3) is 0 Å². The van der Waals surface area contributed by atoms with Crippen LogP contribution in [0.2, 0.25) is 0 Å². The normalized spacial score (nSPS) is 24.5. The van der Waals surface area contributed by atoms with E-state index in [9.17, 15) is 13.2 Å². The number of hydrogen-bond acceptors (Lipinski definition) is 3. The van der Waals surface area contributed by atoms with Gasteiger partial charge in [0, 0.05) is 28.6 Å². The Kier molecular flexibility index (Phi) is 4.78. The van der Waals surface area contributed by atoms with Gasteiger partial charge in [0.1, 0.15) is 0 Å². The highest BCUT2D eigenvalue weighted by Crippen LogP contribution is 2.44. The summed E-state index contributed by atoms with van der Waals surface area (Å²) in [6.45, 7) is 6.96. The van der Waals surface area contributed by atoms with Crippen LogP contribution in [-0.4, -0.2) is 24.3 Å². The van der Waals surface area contributed by atoms with E-state index in [4.69, 9.17) is 4.74 Å². The number of halogens is 3. The Labute approximate surface area is 127 Å². The molecule has 0 saturated heterocycles. The summed E-state index contributed by atoms with van der Waals surface area (Å²) in [5.41, 5.74) is -3.38. The topological polar surface area (TPSA) is 21.3 Å². The average Bonchev–Trinajstić information content (AvgIpc) is 2.38. The molecule has 2 atom stereocenters. The van der Waals surface area contributed by atoms with Crippen LogP contribution in [0.1, 0.15) is 27.2 Å². The van der Waals surface area contributed by atoms with Crippen LogP contribution < -0.4 is 5.32 Å². The Bertz CT molecular complexity index is 473. The highest BCUT2D eigenvalue weighted by molar-refractivity contribution is 8.00. The Morgan fingerprint density at radius 2 is 1.90 bits per heavy atom. The summed E-state index contributed by atoms with van der Waals surface area (Å²) in [7, 11) is 0. The minimum atomic E-state index is -4.24. The van der Waals surface area contributed by atoms with Gasteiger partial charge in [-0.15, -0.1) is 0 Å². The van der Waals surface area contributed by atoms with E-state index in [0.29, 0.717) is 6.61 Å². The number of rotatable bonds is 5. The van der Waals surface area contributed by atoms with Crippen molar-refractivity contribution in [2.24, 2.45) is 5.41 Å². The second-order valence-corrected chi connectivity index (χ2v) is 6.91. The Hall–Kier alpha value is -0.880. The third-order valence-corrected chi connectivity index (χ3v) is 4.71. The molecular formula is C15H20F3NOS. The fraction of sp³-hybridized carbons (Fsp3) is 0.600. The lowest BCUT2D eigenvalue weighted by atomic mass is 9.64. The van der Waals surface area contributed by atoms with Gasteiger partial charge < -0.3 is 10.1 Å². The maximum atomic E-state index is 12.3. The van der Waals surface area contributed by atoms with Crippen LogP contribution in [0, 0.1) is 5.41 Å². The van der Waals surface area contributed by atoms with E-state index in [1.165, 1.54) is 12.1 Å². The third kappa shape index (κ3) is 4.07. The molecule has 2 unspecified atom stereocenters. The molecule has 1 aliphatic rings. The van der Waals surface area contributed by atoms with Crippen molar-refractivity contribution in [2.45, 2.75) is 49.7 Å². The molecule has 118 valence electrons. The van der Waals surface area contributed by atoms with Gasteiger partial charge in [-0.25, -0.2) is 0 Å². The van der Waals surface area contributed by atoms with Crippen molar-refractivity contribution in [1.29, 1.82) is 0 Å². The van der Waals surface area contributed by atoms with Crippen molar-refractivity contribution in [1.82, 2.24) is 0 Å². The van der Waals surface area contributed by atoms with Crippen molar-refractivity contribution < 1.29 is 17.9 Å². The number of alkyl halides is 3. The second-order valence-electron chi connectivity index (χ2n) is 5.77. The minimum absolute atomic E-state index is 0.0232. The molecule has 0 amide bonds. The molecule has 0 radical (unpaired) electrons. The van der Waals surface area contributed by atoms with Gasteiger partial charge in [0.15, 0.2) is 0 Å². The van der Waals surface area contributed by atoms with Crippen LogP contribution in [-0.2, 0) is 4.74 Å². The third-order valence-electron chi connectivity index (χ3n) is 3.97. The Morgan fingerprint density at radius 1 is 1.29 bits per heavy atom. The highest BCUT2D eigenvalue weighted by atomic mass is 32.2. The Morgan fingerprint density at radius 3 is 2.38 bits per heavy atom. The summed E-state index contributed by atoms with van der Waals surface area (Å²) >= 11 is -0.0929. The molecule has 1 fully saturated rings. The summed E-state index contributed by atoms with van der Waals surface area (Å²) in [5.74, 6) is 0. The average molecular weight is 319 g/mol. The van der Waals surface area contributed by atoms with Crippen molar-refractivity contribution in [2.75, 3.05) is 11.9 Å². The first kappa shape index (κ1) is 16.5. The van der Waals surface area contributed by atoms with Gasteiger partial charge in [-0.1, -0.05) is 13.8 Å². The molecule has 0 heterocycles. The summed E-state index contributed by atoms with van der Waals surface area (Å²) in [6, 6.07) is 6.64. The number of thioether (sulfide) groups is 1. The van der Waals surface area contributed by atoms with Crippen LogP contribution in [0.5, 0.6) is 0 Å². The minimum Gasteiger partial charge on any atom is -0.382 e. The molecule has 1 N–H and O–H groups in total. The summed E-state index contributed by atoms with van der Waals surface area (Å²) in [5, 5.41) is 3.38. The van der Waals surface area contributed by atoms with Crippen LogP contribution in [0.3, 0.4) is 0 Å². The second kappa shape index (κ2) is 6.08. The lowest BCUT2D eigenvalue weighted by Gasteiger charge is -2.52. The monoisotopic (exact) mass is 319 g/mol. The zero-order valence-electron chi connectivity index (χ0n) is 12.3. The molecule has 1 aromatic carbocycles. The smallest absolute Gasteiger partial charge is 0.382 e. The van der Waals surface area contributed by atoms with Crippen molar-refractivity contribution in [3.63, 3.8) is 0 Å². The fourth-order valence-corrected chi connectivity index (χ4v) is 3.11. The van der Waals surface area contributed by atoms with E-state index in [1.54, 1.807) is 12.1 Å². The number of hydrogen-bond donors (Lipinski definition) is 1. The molecule has 2 rings (SSSR count). The molecule has 0 aliphatic heterocycles. The van der Waals surface area contributed by atoms with Gasteiger partial charge in [-0.3, -0.25) is 0 Å². The lowest BCUT2D eigenvalue weighted by molar-refractivity contribution is -0.0975. The molecule has 21 heavy (non-hydrogen) atoms. The summed E-state index contributed by atoms with van der Waals surface area (Å²) < 4.78 is 42.5.